The number of rotatable bonds is 7. The Morgan fingerprint density at radius 2 is 1.97 bits per heavy atom. The van der Waals surface area contributed by atoms with Gasteiger partial charge in [-0.05, 0) is 49.8 Å². The minimum atomic E-state index is -2.75. The predicted molar refractivity (Wildman–Crippen MR) is 134 cm³/mol. The van der Waals surface area contributed by atoms with Gasteiger partial charge in [-0.3, -0.25) is 9.59 Å². The van der Waals surface area contributed by atoms with Crippen LogP contribution in [-0.4, -0.2) is 49.3 Å². The number of fused-ring (bicyclic) bond motifs is 2. The van der Waals surface area contributed by atoms with Crippen LogP contribution in [0.3, 0.4) is 0 Å². The second-order valence-electron chi connectivity index (χ2n) is 9.63. The zero-order valence-electron chi connectivity index (χ0n) is 19.8. The van der Waals surface area contributed by atoms with Crippen LogP contribution in [0.1, 0.15) is 29.3 Å². The first kappa shape index (κ1) is 24.3. The molecule has 0 radical (unpaired) electrons. The maximum absolute atomic E-state index is 13.9. The number of carbonyl (C=O) groups excluding carboxylic acids is 2. The van der Waals surface area contributed by atoms with Crippen LogP contribution in [0.2, 0.25) is 18.6 Å². The smallest absolute Gasteiger partial charge is 0.264 e. The van der Waals surface area contributed by atoms with E-state index < -0.39 is 20.0 Å². The van der Waals surface area contributed by atoms with Crippen LogP contribution in [0.25, 0.3) is 0 Å². The Kier molecular flexibility index (Phi) is 6.52. The number of ether oxygens (including phenoxy) is 1. The summed E-state index contributed by atoms with van der Waals surface area (Å²) in [4.78, 5) is 39.4. The van der Waals surface area contributed by atoms with Crippen LogP contribution in [0.4, 0.5) is 11.4 Å². The molecule has 3 N–H and O–H groups in total. The SMILES string of the molecule is C=CCN1C(=O)[C@@]2(O[C@@H](CCO)[C@H]([Si](C)(C)O)[C@H]2C)c2cc(NC(=O)c3ccccc3)ccc21. The van der Waals surface area contributed by atoms with Gasteiger partial charge >= 0.3 is 0 Å². The maximum atomic E-state index is 13.9. The summed E-state index contributed by atoms with van der Waals surface area (Å²) in [6, 6.07) is 14.3. The average Bonchev–Trinajstić information content (AvgIpc) is 3.22. The summed E-state index contributed by atoms with van der Waals surface area (Å²) in [7, 11) is -2.75. The Labute approximate surface area is 201 Å². The summed E-state index contributed by atoms with van der Waals surface area (Å²) in [6.45, 7) is 9.65. The van der Waals surface area contributed by atoms with Crippen molar-refractivity contribution in [3.63, 3.8) is 0 Å². The number of hydrogen-bond acceptors (Lipinski definition) is 5. The third-order valence-corrected chi connectivity index (χ3v) is 9.51. The van der Waals surface area contributed by atoms with Gasteiger partial charge in [0.05, 0.1) is 11.8 Å². The molecule has 0 unspecified atom stereocenters. The van der Waals surface area contributed by atoms with E-state index in [1.54, 1.807) is 47.4 Å². The Morgan fingerprint density at radius 3 is 2.59 bits per heavy atom. The number of nitrogens with one attached hydrogen (secondary N) is 1. The number of carbonyl (C=O) groups is 2. The van der Waals surface area contributed by atoms with E-state index in [4.69, 9.17) is 4.74 Å². The van der Waals surface area contributed by atoms with Gasteiger partial charge < -0.3 is 24.9 Å². The highest BCUT2D eigenvalue weighted by Crippen LogP contribution is 2.59. The molecule has 0 bridgehead atoms. The van der Waals surface area contributed by atoms with Gasteiger partial charge in [-0.25, -0.2) is 0 Å². The molecule has 1 spiro atoms. The van der Waals surface area contributed by atoms with E-state index in [1.807, 2.05) is 32.2 Å². The van der Waals surface area contributed by atoms with Gasteiger partial charge in [-0.15, -0.1) is 6.58 Å². The minimum Gasteiger partial charge on any atom is -0.432 e. The average molecular weight is 481 g/mol. The Balaban J connectivity index is 1.80. The molecule has 1 saturated heterocycles. The molecule has 4 atom stereocenters. The largest absolute Gasteiger partial charge is 0.432 e. The topological polar surface area (TPSA) is 99.1 Å². The van der Waals surface area contributed by atoms with E-state index >= 15 is 0 Å². The third-order valence-electron chi connectivity index (χ3n) is 7.00. The van der Waals surface area contributed by atoms with E-state index in [2.05, 4.69) is 11.9 Å². The van der Waals surface area contributed by atoms with E-state index in [1.165, 1.54) is 0 Å². The number of aliphatic hydroxyl groups excluding tert-OH is 1. The minimum absolute atomic E-state index is 0.0982. The first-order valence-corrected chi connectivity index (χ1v) is 14.6. The van der Waals surface area contributed by atoms with Crippen molar-refractivity contribution in [3.05, 3.63) is 72.3 Å². The van der Waals surface area contributed by atoms with Crippen LogP contribution in [0, 0.1) is 5.92 Å². The zero-order valence-corrected chi connectivity index (χ0v) is 20.8. The number of anilines is 2. The summed E-state index contributed by atoms with van der Waals surface area (Å²) < 4.78 is 6.54. The third kappa shape index (κ3) is 3.90. The highest BCUT2D eigenvalue weighted by Gasteiger charge is 2.66. The number of hydrogen-bond donors (Lipinski definition) is 3. The summed E-state index contributed by atoms with van der Waals surface area (Å²) >= 11 is 0. The Morgan fingerprint density at radius 1 is 1.26 bits per heavy atom. The van der Waals surface area contributed by atoms with Crippen molar-refractivity contribution >= 4 is 31.5 Å². The molecule has 2 amide bonds. The molecule has 2 aromatic carbocycles. The molecule has 2 aliphatic rings. The molecule has 2 heterocycles. The highest BCUT2D eigenvalue weighted by molar-refractivity contribution is 6.71. The lowest BCUT2D eigenvalue weighted by atomic mass is 9.82. The van der Waals surface area contributed by atoms with Crippen LogP contribution in [0.15, 0.2) is 61.2 Å². The van der Waals surface area contributed by atoms with Crippen molar-refractivity contribution in [1.82, 2.24) is 0 Å². The predicted octanol–water partition coefficient (Wildman–Crippen LogP) is 3.65. The zero-order chi connectivity index (χ0) is 24.7. The molecule has 2 aromatic rings. The summed E-state index contributed by atoms with van der Waals surface area (Å²) in [5.41, 5.74) is 0.908. The van der Waals surface area contributed by atoms with Crippen molar-refractivity contribution in [2.45, 2.75) is 43.7 Å². The first-order chi connectivity index (χ1) is 16.1. The molecule has 0 aromatic heterocycles. The molecule has 8 heteroatoms. The number of nitrogens with zero attached hydrogens (tertiary/aromatic N) is 1. The monoisotopic (exact) mass is 480 g/mol. The van der Waals surface area contributed by atoms with Gasteiger partial charge in [-0.2, -0.15) is 0 Å². The molecule has 4 rings (SSSR count). The lowest BCUT2D eigenvalue weighted by Gasteiger charge is -2.32. The number of benzene rings is 2. The van der Waals surface area contributed by atoms with Crippen molar-refractivity contribution in [2.75, 3.05) is 23.4 Å². The fourth-order valence-electron chi connectivity index (χ4n) is 5.66. The van der Waals surface area contributed by atoms with Crippen molar-refractivity contribution in [2.24, 2.45) is 5.92 Å². The van der Waals surface area contributed by atoms with E-state index in [-0.39, 0.29) is 29.9 Å². The van der Waals surface area contributed by atoms with Crippen molar-refractivity contribution in [1.29, 1.82) is 0 Å². The molecular weight excluding hydrogens is 448 g/mol. The molecule has 180 valence electrons. The van der Waals surface area contributed by atoms with Crippen LogP contribution in [-0.2, 0) is 15.1 Å². The lowest BCUT2D eigenvalue weighted by Crippen LogP contribution is -2.46. The van der Waals surface area contributed by atoms with Gasteiger partial charge in [0, 0.05) is 41.4 Å². The number of aliphatic hydroxyl groups is 1. The Bertz CT molecular complexity index is 1100. The molecule has 1 fully saturated rings. The molecule has 7 nitrogen and oxygen atoms in total. The summed E-state index contributed by atoms with van der Waals surface area (Å²) in [6.07, 6.45) is 1.55. The molecular formula is C26H32N2O5Si. The fourth-order valence-corrected chi connectivity index (χ4v) is 8.26. The summed E-state index contributed by atoms with van der Waals surface area (Å²) in [5, 5.41) is 12.6. The van der Waals surface area contributed by atoms with Crippen LogP contribution >= 0.6 is 0 Å². The second kappa shape index (κ2) is 9.11. The number of amides is 2. The van der Waals surface area contributed by atoms with E-state index in [0.717, 1.165) is 0 Å². The normalized spacial score (nSPS) is 26.1. The Hall–Kier alpha value is -2.78. The first-order valence-electron chi connectivity index (χ1n) is 11.6. The molecule has 0 aliphatic carbocycles. The molecule has 2 aliphatic heterocycles. The van der Waals surface area contributed by atoms with Crippen molar-refractivity contribution < 1.29 is 24.2 Å². The summed E-state index contributed by atoms with van der Waals surface area (Å²) in [5.74, 6) is -0.774. The van der Waals surface area contributed by atoms with Gasteiger partial charge in [-0.1, -0.05) is 31.2 Å². The highest BCUT2D eigenvalue weighted by atomic mass is 28.4. The maximum Gasteiger partial charge on any atom is 0.264 e. The second-order valence-corrected chi connectivity index (χ2v) is 13.6. The van der Waals surface area contributed by atoms with E-state index in [9.17, 15) is 19.5 Å². The van der Waals surface area contributed by atoms with Crippen molar-refractivity contribution in [3.8, 4) is 0 Å². The molecule has 34 heavy (non-hydrogen) atoms. The van der Waals surface area contributed by atoms with Crippen LogP contribution < -0.4 is 10.2 Å². The van der Waals surface area contributed by atoms with Gasteiger partial charge in [0.25, 0.3) is 11.8 Å². The molecule has 0 saturated carbocycles. The van der Waals surface area contributed by atoms with E-state index in [0.29, 0.717) is 35.5 Å². The quantitative estimate of drug-likeness (QED) is 0.415. The van der Waals surface area contributed by atoms with Gasteiger partial charge in [0.15, 0.2) is 13.9 Å². The lowest BCUT2D eigenvalue weighted by molar-refractivity contribution is -0.146. The van der Waals surface area contributed by atoms with Gasteiger partial charge in [0.1, 0.15) is 0 Å². The standard InChI is InChI=1S/C26H32N2O5Si/c1-5-14-28-21-12-11-19(27-24(30)18-9-7-6-8-10-18)16-20(21)26(25(28)31)17(2)23(34(3,4)32)22(33-26)13-15-29/h5-12,16-17,22-23,29,32H,1,13-15H2,2-4H3,(H,27,30)/t17-,22+,23-,26+/m1/s1. The van der Waals surface area contributed by atoms with Crippen LogP contribution in [0.5, 0.6) is 0 Å². The van der Waals surface area contributed by atoms with Gasteiger partial charge in [0.2, 0.25) is 0 Å². The fraction of sp³-hybridized carbons (Fsp3) is 0.385.